The van der Waals surface area contributed by atoms with E-state index in [1.165, 1.54) is 10.6 Å². The number of hydrogen-bond donors (Lipinski definition) is 1. The molecule has 1 fully saturated rings. The van der Waals surface area contributed by atoms with Crippen molar-refractivity contribution in [3.63, 3.8) is 0 Å². The molecule has 0 aromatic rings. The molecule has 7 heteroatoms. The van der Waals surface area contributed by atoms with Gasteiger partial charge >= 0.3 is 0 Å². The van der Waals surface area contributed by atoms with Crippen LogP contribution in [0.4, 0.5) is 0 Å². The van der Waals surface area contributed by atoms with Gasteiger partial charge in [0, 0.05) is 26.2 Å². The number of piperazine rings is 1. The van der Waals surface area contributed by atoms with E-state index in [0.717, 1.165) is 0 Å². The minimum atomic E-state index is -3.15. The van der Waals surface area contributed by atoms with Crippen LogP contribution in [0.3, 0.4) is 0 Å². The highest BCUT2D eigenvalue weighted by molar-refractivity contribution is 7.88. The van der Waals surface area contributed by atoms with E-state index in [9.17, 15) is 13.2 Å². The molecule has 18 heavy (non-hydrogen) atoms. The SMILES string of the molecule is CC(C)C[C@@H](N)C(=O)N1CCN(S(C)(=O)=O)CC1. The summed E-state index contributed by atoms with van der Waals surface area (Å²) in [7, 11) is -3.15. The lowest BCUT2D eigenvalue weighted by atomic mass is 10.0. The second kappa shape index (κ2) is 5.99. The summed E-state index contributed by atoms with van der Waals surface area (Å²) in [6.07, 6.45) is 1.85. The molecule has 0 aromatic carbocycles. The maximum Gasteiger partial charge on any atom is 0.239 e. The van der Waals surface area contributed by atoms with Crippen LogP contribution in [0.5, 0.6) is 0 Å². The predicted octanol–water partition coefficient (Wildman–Crippen LogP) is -0.536. The lowest BCUT2D eigenvalue weighted by Crippen LogP contribution is -2.54. The maximum atomic E-state index is 12.0. The molecule has 0 aromatic heterocycles. The van der Waals surface area contributed by atoms with Gasteiger partial charge < -0.3 is 10.6 Å². The summed E-state index contributed by atoms with van der Waals surface area (Å²) in [5, 5.41) is 0. The second-order valence-electron chi connectivity index (χ2n) is 5.22. The van der Waals surface area contributed by atoms with Gasteiger partial charge in [0.2, 0.25) is 15.9 Å². The van der Waals surface area contributed by atoms with Gasteiger partial charge in [0.1, 0.15) is 0 Å². The number of nitrogens with two attached hydrogens (primary N) is 1. The Hall–Kier alpha value is -0.660. The van der Waals surface area contributed by atoms with E-state index in [2.05, 4.69) is 0 Å². The molecule has 0 unspecified atom stereocenters. The lowest BCUT2D eigenvalue weighted by Gasteiger charge is -2.34. The van der Waals surface area contributed by atoms with Crippen LogP contribution in [0.1, 0.15) is 20.3 Å². The molecule has 1 atom stereocenters. The quantitative estimate of drug-likeness (QED) is 0.748. The van der Waals surface area contributed by atoms with Crippen LogP contribution in [0.15, 0.2) is 0 Å². The van der Waals surface area contributed by atoms with Crippen LogP contribution in [0.25, 0.3) is 0 Å². The van der Waals surface area contributed by atoms with Crippen molar-refractivity contribution in [2.24, 2.45) is 11.7 Å². The number of carbonyl (C=O) groups is 1. The molecule has 0 bridgehead atoms. The summed E-state index contributed by atoms with van der Waals surface area (Å²) in [5.74, 6) is 0.304. The predicted molar refractivity (Wildman–Crippen MR) is 70.4 cm³/mol. The zero-order valence-electron chi connectivity index (χ0n) is 11.3. The van der Waals surface area contributed by atoms with Gasteiger partial charge in [0.15, 0.2) is 0 Å². The van der Waals surface area contributed by atoms with E-state index in [4.69, 9.17) is 5.73 Å². The zero-order chi connectivity index (χ0) is 13.9. The van der Waals surface area contributed by atoms with Gasteiger partial charge in [-0.15, -0.1) is 0 Å². The molecule has 2 N–H and O–H groups in total. The molecule has 1 aliphatic heterocycles. The molecule has 1 saturated heterocycles. The lowest BCUT2D eigenvalue weighted by molar-refractivity contribution is -0.134. The highest BCUT2D eigenvalue weighted by Gasteiger charge is 2.28. The topological polar surface area (TPSA) is 83.7 Å². The first-order valence-electron chi connectivity index (χ1n) is 6.21. The highest BCUT2D eigenvalue weighted by Crippen LogP contribution is 2.10. The summed E-state index contributed by atoms with van der Waals surface area (Å²) < 4.78 is 24.1. The van der Waals surface area contributed by atoms with Crippen molar-refractivity contribution in [1.29, 1.82) is 0 Å². The van der Waals surface area contributed by atoms with Gasteiger partial charge in [-0.3, -0.25) is 4.79 Å². The van der Waals surface area contributed by atoms with Crippen LogP contribution in [0, 0.1) is 5.92 Å². The molecule has 0 spiro atoms. The van der Waals surface area contributed by atoms with Gasteiger partial charge in [-0.05, 0) is 12.3 Å². The van der Waals surface area contributed by atoms with Crippen molar-refractivity contribution in [3.8, 4) is 0 Å². The van der Waals surface area contributed by atoms with Crippen molar-refractivity contribution in [2.45, 2.75) is 26.3 Å². The molecule has 0 saturated carbocycles. The summed E-state index contributed by atoms with van der Waals surface area (Å²) in [5.41, 5.74) is 5.85. The molecule has 106 valence electrons. The minimum Gasteiger partial charge on any atom is -0.339 e. The second-order valence-corrected chi connectivity index (χ2v) is 7.21. The highest BCUT2D eigenvalue weighted by atomic mass is 32.2. The Morgan fingerprint density at radius 3 is 2.11 bits per heavy atom. The van der Waals surface area contributed by atoms with E-state index >= 15 is 0 Å². The molecule has 1 aliphatic rings. The number of amides is 1. The minimum absolute atomic E-state index is 0.0724. The van der Waals surface area contributed by atoms with Gasteiger partial charge in [0.05, 0.1) is 12.3 Å². The maximum absolute atomic E-state index is 12.0. The van der Waals surface area contributed by atoms with Gasteiger partial charge in [-0.1, -0.05) is 13.8 Å². The summed E-state index contributed by atoms with van der Waals surface area (Å²) in [6.45, 7) is 5.62. The third-order valence-electron chi connectivity index (χ3n) is 3.06. The first kappa shape index (κ1) is 15.4. The van der Waals surface area contributed by atoms with E-state index in [-0.39, 0.29) is 5.91 Å². The van der Waals surface area contributed by atoms with E-state index < -0.39 is 16.1 Å². The van der Waals surface area contributed by atoms with E-state index in [0.29, 0.717) is 38.5 Å². The van der Waals surface area contributed by atoms with Crippen molar-refractivity contribution >= 4 is 15.9 Å². The largest absolute Gasteiger partial charge is 0.339 e. The Labute approximate surface area is 109 Å². The third-order valence-corrected chi connectivity index (χ3v) is 4.37. The summed E-state index contributed by atoms with van der Waals surface area (Å²) >= 11 is 0. The molecule has 1 rings (SSSR count). The fourth-order valence-corrected chi connectivity index (χ4v) is 2.91. The molecule has 0 aliphatic carbocycles. The van der Waals surface area contributed by atoms with Crippen LogP contribution >= 0.6 is 0 Å². The third kappa shape index (κ3) is 4.22. The first-order valence-corrected chi connectivity index (χ1v) is 8.06. The molecule has 6 nitrogen and oxygen atoms in total. The normalized spacial score (nSPS) is 20.2. The molecular weight excluding hydrogens is 254 g/mol. The standard InChI is InChI=1S/C11H23N3O3S/c1-9(2)8-10(12)11(15)13-4-6-14(7-5-13)18(3,16)17/h9-10H,4-8,12H2,1-3H3/t10-/m1/s1. The van der Waals surface area contributed by atoms with Crippen LogP contribution in [0.2, 0.25) is 0 Å². The molecule has 0 radical (unpaired) electrons. The number of sulfonamides is 1. The molecular formula is C11H23N3O3S. The fourth-order valence-electron chi connectivity index (χ4n) is 2.08. The Balaban J connectivity index is 2.50. The van der Waals surface area contributed by atoms with E-state index in [1.54, 1.807) is 4.90 Å². The molecule has 1 amide bonds. The van der Waals surface area contributed by atoms with Crippen LogP contribution < -0.4 is 5.73 Å². The Kier molecular flexibility index (Phi) is 5.12. The van der Waals surface area contributed by atoms with Crippen molar-refractivity contribution in [2.75, 3.05) is 32.4 Å². The van der Waals surface area contributed by atoms with Crippen molar-refractivity contribution in [3.05, 3.63) is 0 Å². The monoisotopic (exact) mass is 277 g/mol. The van der Waals surface area contributed by atoms with Crippen LogP contribution in [-0.2, 0) is 14.8 Å². The van der Waals surface area contributed by atoms with E-state index in [1.807, 2.05) is 13.8 Å². The van der Waals surface area contributed by atoms with Gasteiger partial charge in [-0.2, -0.15) is 4.31 Å². The Bertz CT molecular complexity index is 386. The van der Waals surface area contributed by atoms with Gasteiger partial charge in [-0.25, -0.2) is 8.42 Å². The average Bonchev–Trinajstić information content (AvgIpc) is 2.26. The van der Waals surface area contributed by atoms with Crippen molar-refractivity contribution in [1.82, 2.24) is 9.21 Å². The Morgan fingerprint density at radius 2 is 1.72 bits per heavy atom. The number of carbonyl (C=O) groups excluding carboxylic acids is 1. The van der Waals surface area contributed by atoms with Crippen LogP contribution in [-0.4, -0.2) is 62.0 Å². The fraction of sp³-hybridized carbons (Fsp3) is 0.909. The van der Waals surface area contributed by atoms with Gasteiger partial charge in [0.25, 0.3) is 0 Å². The van der Waals surface area contributed by atoms with Crippen molar-refractivity contribution < 1.29 is 13.2 Å². The number of nitrogens with zero attached hydrogens (tertiary/aromatic N) is 2. The smallest absolute Gasteiger partial charge is 0.239 e. The average molecular weight is 277 g/mol. The summed E-state index contributed by atoms with van der Waals surface area (Å²) in [4.78, 5) is 13.7. The Morgan fingerprint density at radius 1 is 1.22 bits per heavy atom. The first-order chi connectivity index (χ1) is 8.21. The summed E-state index contributed by atoms with van der Waals surface area (Å²) in [6, 6.07) is -0.477. The zero-order valence-corrected chi connectivity index (χ0v) is 12.1. The number of hydrogen-bond acceptors (Lipinski definition) is 4. The number of rotatable bonds is 4. The molecule has 1 heterocycles.